The van der Waals surface area contributed by atoms with E-state index in [0.29, 0.717) is 22.9 Å². The second kappa shape index (κ2) is 8.21. The Kier molecular flexibility index (Phi) is 6.03. The van der Waals surface area contributed by atoms with Crippen molar-refractivity contribution in [3.8, 4) is 17.2 Å². The van der Waals surface area contributed by atoms with Crippen LogP contribution >= 0.6 is 0 Å². The third kappa shape index (κ3) is 3.78. The molecule has 1 amide bonds. The molecule has 0 aromatic heterocycles. The fraction of sp³-hybridized carbons (Fsp3) is 0.278. The molecule has 0 saturated heterocycles. The lowest BCUT2D eigenvalue weighted by atomic mass is 9.98. The van der Waals surface area contributed by atoms with Crippen LogP contribution in [0.5, 0.6) is 17.2 Å². The van der Waals surface area contributed by atoms with Gasteiger partial charge in [0.2, 0.25) is 11.7 Å². The highest BCUT2D eigenvalue weighted by molar-refractivity contribution is 5.96. The van der Waals surface area contributed by atoms with Crippen LogP contribution in [0.15, 0.2) is 42.5 Å². The van der Waals surface area contributed by atoms with Gasteiger partial charge in [-0.25, -0.2) is 0 Å². The summed E-state index contributed by atoms with van der Waals surface area (Å²) in [6.45, 7) is 0.209. The van der Waals surface area contributed by atoms with E-state index in [4.69, 9.17) is 19.9 Å². The maximum Gasteiger partial charge on any atom is 0.233 e. The van der Waals surface area contributed by atoms with E-state index in [1.165, 1.54) is 21.3 Å². The number of ether oxygens (including phenoxy) is 3. The van der Waals surface area contributed by atoms with Crippen molar-refractivity contribution in [3.63, 3.8) is 0 Å². The quantitative estimate of drug-likeness (QED) is 0.814. The summed E-state index contributed by atoms with van der Waals surface area (Å²) < 4.78 is 15.9. The number of carbonyl (C=O) groups excluding carboxylic acids is 1. The Morgan fingerprint density at radius 1 is 1.04 bits per heavy atom. The molecule has 0 saturated carbocycles. The van der Waals surface area contributed by atoms with E-state index in [-0.39, 0.29) is 12.5 Å². The first-order valence-electron chi connectivity index (χ1n) is 7.50. The number of methoxy groups -OCH3 is 3. The Balaban J connectivity index is 2.28. The van der Waals surface area contributed by atoms with Crippen molar-refractivity contribution in [2.75, 3.05) is 33.2 Å². The number of nitrogens with one attached hydrogen (secondary N) is 1. The molecular weight excluding hydrogens is 308 g/mol. The van der Waals surface area contributed by atoms with Crippen molar-refractivity contribution < 1.29 is 19.0 Å². The van der Waals surface area contributed by atoms with Crippen molar-refractivity contribution in [3.05, 3.63) is 48.0 Å². The van der Waals surface area contributed by atoms with Crippen molar-refractivity contribution in [2.45, 2.75) is 5.92 Å². The second-order valence-electron chi connectivity index (χ2n) is 5.10. The Morgan fingerprint density at radius 3 is 2.08 bits per heavy atom. The van der Waals surface area contributed by atoms with Crippen LogP contribution in [0.2, 0.25) is 0 Å². The molecule has 0 aliphatic carbocycles. The van der Waals surface area contributed by atoms with E-state index in [0.717, 1.165) is 5.56 Å². The Hall–Kier alpha value is -2.73. The summed E-state index contributed by atoms with van der Waals surface area (Å²) in [6.07, 6.45) is 0. The van der Waals surface area contributed by atoms with E-state index in [2.05, 4.69) is 5.32 Å². The topological polar surface area (TPSA) is 82.8 Å². The number of hydrogen-bond acceptors (Lipinski definition) is 5. The van der Waals surface area contributed by atoms with Crippen LogP contribution in [-0.2, 0) is 4.79 Å². The first-order chi connectivity index (χ1) is 11.6. The molecule has 1 unspecified atom stereocenters. The standard InChI is InChI=1S/C18H22N2O4/c1-22-15-9-13(10-16(23-2)17(15)24-3)20-18(21)14(11-19)12-7-5-4-6-8-12/h4-10,14H,11,19H2,1-3H3,(H,20,21). The van der Waals surface area contributed by atoms with Gasteiger partial charge >= 0.3 is 0 Å². The molecule has 1 atom stereocenters. The summed E-state index contributed by atoms with van der Waals surface area (Å²) >= 11 is 0. The van der Waals surface area contributed by atoms with Crippen LogP contribution < -0.4 is 25.3 Å². The zero-order chi connectivity index (χ0) is 17.5. The zero-order valence-electron chi connectivity index (χ0n) is 14.0. The predicted octanol–water partition coefficient (Wildman–Crippen LogP) is 2.39. The molecule has 24 heavy (non-hydrogen) atoms. The fourth-order valence-corrected chi connectivity index (χ4v) is 2.46. The second-order valence-corrected chi connectivity index (χ2v) is 5.10. The van der Waals surface area contributed by atoms with Gasteiger partial charge < -0.3 is 25.3 Å². The first kappa shape index (κ1) is 17.6. The number of carbonyl (C=O) groups is 1. The molecule has 0 spiro atoms. The van der Waals surface area contributed by atoms with Crippen LogP contribution in [0.25, 0.3) is 0 Å². The number of rotatable bonds is 7. The molecule has 2 rings (SSSR count). The van der Waals surface area contributed by atoms with Gasteiger partial charge in [-0.3, -0.25) is 4.79 Å². The molecule has 3 N–H and O–H groups in total. The highest BCUT2D eigenvalue weighted by atomic mass is 16.5. The highest BCUT2D eigenvalue weighted by Crippen LogP contribution is 2.40. The van der Waals surface area contributed by atoms with Gasteiger partial charge in [-0.2, -0.15) is 0 Å². The van der Waals surface area contributed by atoms with Crippen molar-refractivity contribution in [1.82, 2.24) is 0 Å². The van der Waals surface area contributed by atoms with Crippen LogP contribution in [0.3, 0.4) is 0 Å². The zero-order valence-corrected chi connectivity index (χ0v) is 14.0. The molecule has 6 nitrogen and oxygen atoms in total. The highest BCUT2D eigenvalue weighted by Gasteiger charge is 2.20. The monoisotopic (exact) mass is 330 g/mol. The molecule has 0 aliphatic heterocycles. The van der Waals surface area contributed by atoms with Gasteiger partial charge in [0.25, 0.3) is 0 Å². The summed E-state index contributed by atoms with van der Waals surface area (Å²) in [5.41, 5.74) is 7.20. The minimum absolute atomic E-state index is 0.196. The maximum absolute atomic E-state index is 12.6. The SMILES string of the molecule is COc1cc(NC(=O)C(CN)c2ccccc2)cc(OC)c1OC. The van der Waals surface area contributed by atoms with Gasteiger partial charge in [0, 0.05) is 24.4 Å². The normalized spacial score (nSPS) is 11.5. The number of amides is 1. The molecule has 2 aromatic rings. The lowest BCUT2D eigenvalue weighted by Crippen LogP contribution is -2.27. The number of anilines is 1. The molecule has 0 aliphatic rings. The fourth-order valence-electron chi connectivity index (χ4n) is 2.46. The minimum Gasteiger partial charge on any atom is -0.493 e. The van der Waals surface area contributed by atoms with E-state index in [1.54, 1.807) is 12.1 Å². The summed E-state index contributed by atoms with van der Waals surface area (Å²) in [5.74, 6) is 0.770. The van der Waals surface area contributed by atoms with Gasteiger partial charge in [0.1, 0.15) is 0 Å². The molecule has 0 radical (unpaired) electrons. The van der Waals surface area contributed by atoms with Gasteiger partial charge in [-0.1, -0.05) is 30.3 Å². The molecule has 6 heteroatoms. The molecule has 0 bridgehead atoms. The summed E-state index contributed by atoms with van der Waals surface area (Å²) in [7, 11) is 4.57. The van der Waals surface area contributed by atoms with Crippen molar-refractivity contribution in [2.24, 2.45) is 5.73 Å². The summed E-state index contributed by atoms with van der Waals surface area (Å²) in [4.78, 5) is 12.6. The van der Waals surface area contributed by atoms with Crippen LogP contribution in [-0.4, -0.2) is 33.8 Å². The minimum atomic E-state index is -0.440. The Morgan fingerprint density at radius 2 is 1.62 bits per heavy atom. The van der Waals surface area contributed by atoms with Crippen molar-refractivity contribution in [1.29, 1.82) is 0 Å². The Bertz CT molecular complexity index is 664. The molecule has 0 heterocycles. The van der Waals surface area contributed by atoms with Crippen molar-refractivity contribution >= 4 is 11.6 Å². The van der Waals surface area contributed by atoms with Gasteiger partial charge in [-0.15, -0.1) is 0 Å². The molecule has 128 valence electrons. The summed E-state index contributed by atoms with van der Waals surface area (Å²) in [6, 6.07) is 12.8. The van der Waals surface area contributed by atoms with E-state index >= 15 is 0 Å². The predicted molar refractivity (Wildman–Crippen MR) is 93.0 cm³/mol. The first-order valence-corrected chi connectivity index (χ1v) is 7.50. The van der Waals surface area contributed by atoms with E-state index < -0.39 is 5.92 Å². The van der Waals surface area contributed by atoms with Crippen LogP contribution in [0, 0.1) is 0 Å². The third-order valence-electron chi connectivity index (χ3n) is 3.69. The van der Waals surface area contributed by atoms with E-state index in [1.807, 2.05) is 30.3 Å². The van der Waals surface area contributed by atoms with Crippen LogP contribution in [0.4, 0.5) is 5.69 Å². The van der Waals surface area contributed by atoms with Crippen LogP contribution in [0.1, 0.15) is 11.5 Å². The number of benzene rings is 2. The Labute approximate surface area is 141 Å². The average molecular weight is 330 g/mol. The molecule has 0 fully saturated rings. The largest absolute Gasteiger partial charge is 0.493 e. The lowest BCUT2D eigenvalue weighted by molar-refractivity contribution is -0.117. The number of hydrogen-bond donors (Lipinski definition) is 2. The average Bonchev–Trinajstić information content (AvgIpc) is 2.62. The summed E-state index contributed by atoms with van der Waals surface area (Å²) in [5, 5.41) is 2.86. The molecule has 2 aromatic carbocycles. The maximum atomic E-state index is 12.6. The number of nitrogens with two attached hydrogens (primary N) is 1. The third-order valence-corrected chi connectivity index (χ3v) is 3.69. The smallest absolute Gasteiger partial charge is 0.233 e. The van der Waals surface area contributed by atoms with Gasteiger partial charge in [-0.05, 0) is 5.56 Å². The van der Waals surface area contributed by atoms with E-state index in [9.17, 15) is 4.79 Å². The van der Waals surface area contributed by atoms with Gasteiger partial charge in [0.05, 0.1) is 27.2 Å². The lowest BCUT2D eigenvalue weighted by Gasteiger charge is -2.18. The van der Waals surface area contributed by atoms with Gasteiger partial charge in [0.15, 0.2) is 11.5 Å². The molecular formula is C18H22N2O4.